The van der Waals surface area contributed by atoms with Crippen molar-refractivity contribution < 1.29 is 14.4 Å². The molecule has 0 radical (unpaired) electrons. The summed E-state index contributed by atoms with van der Waals surface area (Å²) < 4.78 is 0. The van der Waals surface area contributed by atoms with E-state index in [1.807, 2.05) is 24.3 Å². The monoisotopic (exact) mass is 360 g/mol. The highest BCUT2D eigenvalue weighted by Gasteiger charge is 2.34. The maximum absolute atomic E-state index is 12.6. The second-order valence-electron chi connectivity index (χ2n) is 6.46. The van der Waals surface area contributed by atoms with Crippen molar-refractivity contribution in [2.24, 2.45) is 0 Å². The Morgan fingerprint density at radius 1 is 1.23 bits per heavy atom. The van der Waals surface area contributed by atoms with Gasteiger partial charge in [0.15, 0.2) is 0 Å². The van der Waals surface area contributed by atoms with E-state index in [-0.39, 0.29) is 24.3 Å². The number of hydrogen-bond acceptors (Lipinski definition) is 3. The van der Waals surface area contributed by atoms with Crippen LogP contribution in [0.1, 0.15) is 38.2 Å². The molecule has 0 aromatic heterocycles. The van der Waals surface area contributed by atoms with Crippen molar-refractivity contribution >= 4 is 23.5 Å². The predicted octanol–water partition coefficient (Wildman–Crippen LogP) is 1.89. The highest BCUT2D eigenvalue weighted by atomic mass is 16.2. The number of hydrogen-bond donors (Lipinski definition) is 3. The second kappa shape index (κ2) is 9.79. The van der Waals surface area contributed by atoms with Crippen LogP contribution in [0.15, 0.2) is 24.3 Å². The van der Waals surface area contributed by atoms with Gasteiger partial charge in [0.25, 0.3) is 0 Å². The van der Waals surface area contributed by atoms with Crippen molar-refractivity contribution in [3.8, 4) is 0 Å². The molecule has 0 saturated carbocycles. The van der Waals surface area contributed by atoms with Gasteiger partial charge in [0.2, 0.25) is 11.8 Å². The van der Waals surface area contributed by atoms with Gasteiger partial charge >= 0.3 is 6.03 Å². The number of unbranched alkanes of at least 4 members (excludes halogenated alkanes) is 2. The van der Waals surface area contributed by atoms with Gasteiger partial charge in [-0.1, -0.05) is 31.9 Å². The number of anilines is 1. The summed E-state index contributed by atoms with van der Waals surface area (Å²) in [6, 6.07) is 6.60. The van der Waals surface area contributed by atoms with Crippen LogP contribution in [0.25, 0.3) is 0 Å². The standard InChI is InChI=1S/C19H28N4O3/c1-3-4-5-6-14-7-9-15(10-8-14)22-19(26)23-12-11-21-18(25)16(23)13-17(24)20-2/h7-10,16H,3-6,11-13H2,1-2H3,(H,20,24)(H,21,25)(H,22,26). The van der Waals surface area contributed by atoms with Gasteiger partial charge in [-0.15, -0.1) is 0 Å². The fourth-order valence-electron chi connectivity index (χ4n) is 2.97. The lowest BCUT2D eigenvalue weighted by molar-refractivity contribution is -0.132. The number of piperazine rings is 1. The molecule has 1 aromatic rings. The van der Waals surface area contributed by atoms with Gasteiger partial charge in [0, 0.05) is 25.8 Å². The molecule has 0 spiro atoms. The highest BCUT2D eigenvalue weighted by Crippen LogP contribution is 2.15. The predicted molar refractivity (Wildman–Crippen MR) is 101 cm³/mol. The van der Waals surface area contributed by atoms with Gasteiger partial charge in [0.05, 0.1) is 6.42 Å². The molecule has 1 aliphatic rings. The van der Waals surface area contributed by atoms with Crippen LogP contribution in [0.2, 0.25) is 0 Å². The topological polar surface area (TPSA) is 90.5 Å². The van der Waals surface area contributed by atoms with Gasteiger partial charge in [-0.05, 0) is 30.5 Å². The summed E-state index contributed by atoms with van der Waals surface area (Å²) in [5, 5.41) is 8.02. The Kier molecular flexibility index (Phi) is 7.44. The molecule has 4 amide bonds. The first-order valence-corrected chi connectivity index (χ1v) is 9.20. The number of aryl methyl sites for hydroxylation is 1. The van der Waals surface area contributed by atoms with E-state index < -0.39 is 6.04 Å². The Morgan fingerprint density at radius 2 is 1.96 bits per heavy atom. The first kappa shape index (κ1) is 19.8. The fraction of sp³-hybridized carbons (Fsp3) is 0.526. The minimum atomic E-state index is -0.794. The first-order chi connectivity index (χ1) is 12.5. The molecule has 0 aliphatic carbocycles. The van der Waals surface area contributed by atoms with E-state index in [9.17, 15) is 14.4 Å². The van der Waals surface area contributed by atoms with Crippen LogP contribution < -0.4 is 16.0 Å². The molecule has 1 saturated heterocycles. The van der Waals surface area contributed by atoms with Crippen LogP contribution >= 0.6 is 0 Å². The Hall–Kier alpha value is -2.57. The molecule has 142 valence electrons. The number of amides is 4. The molecule has 1 aliphatic heterocycles. The third-order valence-corrected chi connectivity index (χ3v) is 4.52. The molecule has 7 heteroatoms. The average Bonchev–Trinajstić information content (AvgIpc) is 2.64. The number of nitrogens with zero attached hydrogens (tertiary/aromatic N) is 1. The van der Waals surface area contributed by atoms with E-state index in [4.69, 9.17) is 0 Å². The molecule has 1 heterocycles. The third-order valence-electron chi connectivity index (χ3n) is 4.52. The lowest BCUT2D eigenvalue weighted by Crippen LogP contribution is -2.59. The van der Waals surface area contributed by atoms with Gasteiger partial charge in [0.1, 0.15) is 6.04 Å². The normalized spacial score (nSPS) is 16.8. The van der Waals surface area contributed by atoms with Crippen molar-refractivity contribution in [3.05, 3.63) is 29.8 Å². The zero-order chi connectivity index (χ0) is 18.9. The number of nitrogens with one attached hydrogen (secondary N) is 3. The van der Waals surface area contributed by atoms with E-state index in [2.05, 4.69) is 22.9 Å². The van der Waals surface area contributed by atoms with E-state index in [0.29, 0.717) is 18.8 Å². The number of rotatable bonds is 7. The molecular weight excluding hydrogens is 332 g/mol. The summed E-state index contributed by atoms with van der Waals surface area (Å²) in [6.45, 7) is 2.93. The van der Waals surface area contributed by atoms with Crippen LogP contribution in [0, 0.1) is 0 Å². The van der Waals surface area contributed by atoms with Crippen molar-refractivity contribution in [2.45, 2.75) is 45.1 Å². The highest BCUT2D eigenvalue weighted by molar-refractivity contribution is 5.96. The van der Waals surface area contributed by atoms with Gasteiger partial charge < -0.3 is 20.9 Å². The Bertz CT molecular complexity index is 630. The Labute approximate surface area is 154 Å². The molecule has 26 heavy (non-hydrogen) atoms. The quantitative estimate of drug-likeness (QED) is 0.649. The number of carbonyl (C=O) groups excluding carboxylic acids is 3. The smallest absolute Gasteiger partial charge is 0.322 e. The first-order valence-electron chi connectivity index (χ1n) is 9.20. The lowest BCUT2D eigenvalue weighted by Gasteiger charge is -2.34. The van der Waals surface area contributed by atoms with Crippen LogP contribution in [0.4, 0.5) is 10.5 Å². The number of urea groups is 1. The fourth-order valence-corrected chi connectivity index (χ4v) is 2.97. The molecular formula is C19H28N4O3. The van der Waals surface area contributed by atoms with Crippen molar-refractivity contribution in [1.82, 2.24) is 15.5 Å². The average molecular weight is 360 g/mol. The van der Waals surface area contributed by atoms with E-state index in [1.54, 1.807) is 0 Å². The minimum absolute atomic E-state index is 0.0495. The molecule has 2 rings (SSSR count). The molecule has 7 nitrogen and oxygen atoms in total. The number of carbonyl (C=O) groups is 3. The van der Waals surface area contributed by atoms with Crippen LogP contribution in [0.5, 0.6) is 0 Å². The van der Waals surface area contributed by atoms with Crippen LogP contribution in [-0.2, 0) is 16.0 Å². The molecule has 1 atom stereocenters. The van der Waals surface area contributed by atoms with E-state index in [1.165, 1.54) is 30.4 Å². The molecule has 3 N–H and O–H groups in total. The third kappa shape index (κ3) is 5.47. The van der Waals surface area contributed by atoms with Gasteiger partial charge in [-0.3, -0.25) is 9.59 Å². The zero-order valence-corrected chi connectivity index (χ0v) is 15.5. The zero-order valence-electron chi connectivity index (χ0n) is 15.5. The summed E-state index contributed by atoms with van der Waals surface area (Å²) in [7, 11) is 1.51. The molecule has 0 bridgehead atoms. The van der Waals surface area contributed by atoms with Crippen molar-refractivity contribution in [3.63, 3.8) is 0 Å². The summed E-state index contributed by atoms with van der Waals surface area (Å²) in [5.41, 5.74) is 1.92. The minimum Gasteiger partial charge on any atom is -0.359 e. The molecule has 1 aromatic carbocycles. The molecule has 1 fully saturated rings. The lowest BCUT2D eigenvalue weighted by atomic mass is 10.1. The van der Waals surface area contributed by atoms with Crippen LogP contribution in [-0.4, -0.2) is 48.9 Å². The Balaban J connectivity index is 1.98. The Morgan fingerprint density at radius 3 is 2.62 bits per heavy atom. The van der Waals surface area contributed by atoms with Gasteiger partial charge in [-0.25, -0.2) is 4.79 Å². The number of benzene rings is 1. The van der Waals surface area contributed by atoms with E-state index >= 15 is 0 Å². The van der Waals surface area contributed by atoms with Gasteiger partial charge in [-0.2, -0.15) is 0 Å². The summed E-state index contributed by atoms with van der Waals surface area (Å²) >= 11 is 0. The summed E-state index contributed by atoms with van der Waals surface area (Å²) in [4.78, 5) is 37.7. The largest absolute Gasteiger partial charge is 0.359 e. The second-order valence-corrected chi connectivity index (χ2v) is 6.46. The van der Waals surface area contributed by atoms with Crippen molar-refractivity contribution in [1.29, 1.82) is 0 Å². The summed E-state index contributed by atoms with van der Waals surface area (Å²) in [6.07, 6.45) is 4.54. The maximum Gasteiger partial charge on any atom is 0.322 e. The van der Waals surface area contributed by atoms with Crippen LogP contribution in [0.3, 0.4) is 0 Å². The molecule has 1 unspecified atom stereocenters. The van der Waals surface area contributed by atoms with Crippen molar-refractivity contribution in [2.75, 3.05) is 25.5 Å². The maximum atomic E-state index is 12.6. The summed E-state index contributed by atoms with van der Waals surface area (Å²) in [5.74, 6) is -0.581. The van der Waals surface area contributed by atoms with E-state index in [0.717, 1.165) is 12.8 Å². The SMILES string of the molecule is CCCCCc1ccc(NC(=O)N2CCNC(=O)C2CC(=O)NC)cc1.